The Morgan fingerprint density at radius 2 is 1.70 bits per heavy atom. The van der Waals surface area contributed by atoms with Crippen molar-refractivity contribution in [2.45, 2.75) is 49.9 Å². The molecule has 216 valence electrons. The van der Waals surface area contributed by atoms with Gasteiger partial charge in [-0.05, 0) is 79.7 Å². The molecule has 2 heterocycles. The maximum Gasteiger partial charge on any atom is 0.433 e. The van der Waals surface area contributed by atoms with Crippen molar-refractivity contribution in [3.8, 4) is 5.75 Å². The number of nitrogens with zero attached hydrogens (tertiary/aromatic N) is 2. The number of benzene rings is 3. The molecule has 6 rings (SSSR count). The average Bonchev–Trinajstić information content (AvgIpc) is 2.99. The number of anilines is 1. The number of rotatable bonds is 7. The molecule has 0 unspecified atom stereocenters. The second-order valence-corrected chi connectivity index (χ2v) is 10.9. The fraction of sp³-hybridized carbons (Fsp3) is 0.242. The van der Waals surface area contributed by atoms with Crippen LogP contribution >= 0.6 is 0 Å². The van der Waals surface area contributed by atoms with E-state index in [-0.39, 0.29) is 23.2 Å². The summed E-state index contributed by atoms with van der Waals surface area (Å²) in [6.07, 6.45) is -2.32. The molecule has 2 radical (unpaired) electrons. The summed E-state index contributed by atoms with van der Waals surface area (Å²) in [5.41, 5.74) is 0.650. The van der Waals surface area contributed by atoms with Gasteiger partial charge in [-0.15, -0.1) is 0 Å². The molecule has 10 heteroatoms. The first-order valence-electron chi connectivity index (χ1n) is 14.1. The number of para-hydroxylation sites is 2. The van der Waals surface area contributed by atoms with Crippen molar-refractivity contribution in [2.24, 2.45) is 0 Å². The van der Waals surface area contributed by atoms with E-state index < -0.39 is 17.3 Å². The molecule has 1 aliphatic carbocycles. The molecular weight excluding hydrogens is 552 g/mol. The van der Waals surface area contributed by atoms with Crippen molar-refractivity contribution in [1.82, 2.24) is 15.3 Å². The van der Waals surface area contributed by atoms with Gasteiger partial charge in [-0.1, -0.05) is 42.5 Å². The van der Waals surface area contributed by atoms with Crippen LogP contribution in [0.15, 0.2) is 91.0 Å². The van der Waals surface area contributed by atoms with Crippen molar-refractivity contribution in [3.63, 3.8) is 0 Å². The van der Waals surface area contributed by atoms with Gasteiger partial charge < -0.3 is 15.4 Å². The second kappa shape index (κ2) is 11.6. The lowest BCUT2D eigenvalue weighted by Gasteiger charge is -2.41. The molecule has 1 fully saturated rings. The number of nitrogens with one attached hydrogen (secondary N) is 2. The van der Waals surface area contributed by atoms with E-state index in [0.717, 1.165) is 22.7 Å². The van der Waals surface area contributed by atoms with Crippen LogP contribution in [0, 0.1) is 0 Å². The van der Waals surface area contributed by atoms with Crippen molar-refractivity contribution in [2.75, 3.05) is 5.32 Å². The molecule has 6 nitrogen and oxygen atoms in total. The van der Waals surface area contributed by atoms with Crippen LogP contribution in [0.1, 0.15) is 47.4 Å². The van der Waals surface area contributed by atoms with Crippen molar-refractivity contribution < 1.29 is 22.7 Å². The lowest BCUT2D eigenvalue weighted by atomic mass is 9.65. The van der Waals surface area contributed by atoms with Gasteiger partial charge in [0.1, 0.15) is 25.9 Å². The summed E-state index contributed by atoms with van der Waals surface area (Å²) in [6.45, 7) is 0.293. The van der Waals surface area contributed by atoms with Crippen LogP contribution < -0.4 is 15.4 Å². The molecule has 0 aliphatic heterocycles. The van der Waals surface area contributed by atoms with Gasteiger partial charge >= 0.3 is 6.18 Å². The summed E-state index contributed by atoms with van der Waals surface area (Å²) in [5.74, 6) is 0.350. The Kier molecular flexibility index (Phi) is 7.69. The minimum absolute atomic E-state index is 0.227. The lowest BCUT2D eigenvalue weighted by molar-refractivity contribution is -0.140. The Morgan fingerprint density at radius 3 is 2.49 bits per heavy atom. The van der Waals surface area contributed by atoms with E-state index in [1.54, 1.807) is 48.5 Å². The third-order valence-corrected chi connectivity index (χ3v) is 7.67. The SMILES string of the molecule is [B][C@@]1(Nc2cc(C(F)(F)F)nc3ccccc23)CCC[C@@H](NC(=O)c2ccc(OCc3ccc4ccccc4n3)cc2)C1. The fourth-order valence-electron chi connectivity index (χ4n) is 5.55. The van der Waals surface area contributed by atoms with Gasteiger partial charge in [-0.2, -0.15) is 13.2 Å². The third kappa shape index (κ3) is 6.58. The molecule has 43 heavy (non-hydrogen) atoms. The standard InChI is InChI=1S/C33H28BF3N4O2/c34-32(41-29-18-30(33(35,36)37)40-28-10-4-2-8-26(28)29)17-5-7-23(19-32)39-31(42)22-12-15-25(16-13-22)43-20-24-14-11-21-6-1-3-9-27(21)38-24/h1-4,6,8-16,18,23H,5,7,17,19-20H2,(H,39,42)(H,40,41)/t23-,32-/m1/s1. The van der Waals surface area contributed by atoms with Gasteiger partial charge in [0.15, 0.2) is 0 Å². The largest absolute Gasteiger partial charge is 0.487 e. The predicted molar refractivity (Wildman–Crippen MR) is 161 cm³/mol. The smallest absolute Gasteiger partial charge is 0.433 e. The molecular formula is C33H28BF3N4O2. The van der Waals surface area contributed by atoms with Crippen LogP contribution in [0.4, 0.5) is 18.9 Å². The monoisotopic (exact) mass is 580 g/mol. The topological polar surface area (TPSA) is 76.1 Å². The van der Waals surface area contributed by atoms with Crippen molar-refractivity contribution >= 4 is 41.2 Å². The van der Waals surface area contributed by atoms with E-state index in [1.165, 1.54) is 0 Å². The molecule has 2 atom stereocenters. The van der Waals surface area contributed by atoms with E-state index in [0.29, 0.717) is 49.0 Å². The van der Waals surface area contributed by atoms with Crippen LogP contribution in [0.25, 0.3) is 21.8 Å². The molecule has 0 spiro atoms. The number of amides is 1. The predicted octanol–water partition coefficient (Wildman–Crippen LogP) is 7.03. The number of pyridine rings is 2. The van der Waals surface area contributed by atoms with Crippen LogP contribution in [0.2, 0.25) is 0 Å². The van der Waals surface area contributed by atoms with Gasteiger partial charge in [0, 0.05) is 28.1 Å². The summed E-state index contributed by atoms with van der Waals surface area (Å²) < 4.78 is 46.5. The van der Waals surface area contributed by atoms with Gasteiger partial charge in [0.2, 0.25) is 0 Å². The zero-order valence-electron chi connectivity index (χ0n) is 23.2. The van der Waals surface area contributed by atoms with Gasteiger partial charge in [-0.25, -0.2) is 9.97 Å². The molecule has 1 amide bonds. The number of aromatic nitrogens is 2. The summed E-state index contributed by atoms with van der Waals surface area (Å²) in [5, 5.41) is 7.81. The normalized spacial score (nSPS) is 18.8. The molecule has 1 aliphatic rings. The number of alkyl halides is 3. The van der Waals surface area contributed by atoms with Crippen LogP contribution in [0.3, 0.4) is 0 Å². The molecule has 0 saturated heterocycles. The average molecular weight is 580 g/mol. The second-order valence-electron chi connectivity index (χ2n) is 10.9. The number of hydrogen-bond acceptors (Lipinski definition) is 5. The first-order chi connectivity index (χ1) is 20.6. The minimum Gasteiger partial charge on any atom is -0.487 e. The van der Waals surface area contributed by atoms with Gasteiger partial charge in [-0.3, -0.25) is 4.79 Å². The quantitative estimate of drug-likeness (QED) is 0.202. The van der Waals surface area contributed by atoms with Crippen molar-refractivity contribution in [1.29, 1.82) is 0 Å². The Bertz CT molecular complexity index is 1780. The zero-order chi connectivity index (χ0) is 30.0. The summed E-state index contributed by atoms with van der Waals surface area (Å²) in [7, 11) is 6.69. The number of halogens is 3. The van der Waals surface area contributed by atoms with Gasteiger partial charge in [0.25, 0.3) is 5.91 Å². The number of carbonyl (C=O) groups is 1. The Balaban J connectivity index is 1.09. The number of carbonyl (C=O) groups excluding carboxylic acids is 1. The highest BCUT2D eigenvalue weighted by atomic mass is 19.4. The molecule has 1 saturated carbocycles. The van der Waals surface area contributed by atoms with E-state index in [1.807, 2.05) is 36.4 Å². The van der Waals surface area contributed by atoms with E-state index in [4.69, 9.17) is 12.6 Å². The number of ether oxygens (including phenoxy) is 1. The highest BCUT2D eigenvalue weighted by Crippen LogP contribution is 2.36. The maximum atomic E-state index is 13.6. The Labute approximate surface area is 248 Å². The number of fused-ring (bicyclic) bond motifs is 2. The first kappa shape index (κ1) is 28.5. The summed E-state index contributed by atoms with van der Waals surface area (Å²) in [6, 6.07) is 26.0. The van der Waals surface area contributed by atoms with E-state index in [9.17, 15) is 18.0 Å². The Morgan fingerprint density at radius 1 is 0.953 bits per heavy atom. The summed E-state index contributed by atoms with van der Waals surface area (Å²) >= 11 is 0. The Hall–Kier alpha value is -4.60. The molecule has 2 N–H and O–H groups in total. The molecule has 3 aromatic carbocycles. The zero-order valence-corrected chi connectivity index (χ0v) is 23.2. The van der Waals surface area contributed by atoms with Gasteiger partial charge in [0.05, 0.1) is 16.7 Å². The lowest BCUT2D eigenvalue weighted by Crippen LogP contribution is -2.50. The number of hydrogen-bond donors (Lipinski definition) is 2. The molecule has 0 bridgehead atoms. The first-order valence-corrected chi connectivity index (χ1v) is 14.1. The summed E-state index contributed by atoms with van der Waals surface area (Å²) in [4.78, 5) is 21.5. The fourth-order valence-corrected chi connectivity index (χ4v) is 5.55. The van der Waals surface area contributed by atoms with Crippen LogP contribution in [-0.4, -0.2) is 35.2 Å². The molecule has 5 aromatic rings. The highest BCUT2D eigenvalue weighted by molar-refractivity contribution is 6.17. The van der Waals surface area contributed by atoms with E-state index in [2.05, 4.69) is 20.6 Å². The van der Waals surface area contributed by atoms with Crippen LogP contribution in [0.5, 0.6) is 5.75 Å². The molecule has 2 aromatic heterocycles. The van der Waals surface area contributed by atoms with Crippen molar-refractivity contribution in [3.05, 3.63) is 108 Å². The minimum atomic E-state index is -4.60. The van der Waals surface area contributed by atoms with E-state index >= 15 is 0 Å². The van der Waals surface area contributed by atoms with Crippen LogP contribution in [-0.2, 0) is 12.8 Å². The third-order valence-electron chi connectivity index (χ3n) is 7.67. The highest BCUT2D eigenvalue weighted by Gasteiger charge is 2.36. The maximum absolute atomic E-state index is 13.6.